The summed E-state index contributed by atoms with van der Waals surface area (Å²) < 4.78 is 7.69. The van der Waals surface area contributed by atoms with Gasteiger partial charge in [0, 0.05) is 30.1 Å². The lowest BCUT2D eigenvalue weighted by molar-refractivity contribution is 0.262. The number of carbonyl (C=O) groups excluding carboxylic acids is 1. The number of aryl methyl sites for hydroxylation is 2. The van der Waals surface area contributed by atoms with Crippen molar-refractivity contribution in [3.8, 4) is 29.7 Å². The Balaban J connectivity index is 1.14. The van der Waals surface area contributed by atoms with Crippen LogP contribution in [0.25, 0.3) is 16.6 Å². The van der Waals surface area contributed by atoms with E-state index in [0.29, 0.717) is 29.6 Å². The Morgan fingerprint density at radius 1 is 1.04 bits per heavy atom. The number of carbonyl (C=O) groups is 1. The number of aromatic amines is 1. The molecule has 0 aliphatic carbocycles. The summed E-state index contributed by atoms with van der Waals surface area (Å²) in [7, 11) is 0. The average molecular weight is 722 g/mol. The molecule has 2 unspecified atom stereocenters. The maximum absolute atomic E-state index is 13.3. The van der Waals surface area contributed by atoms with Crippen LogP contribution < -0.4 is 15.4 Å². The van der Waals surface area contributed by atoms with E-state index in [1.165, 1.54) is 5.56 Å². The Kier molecular flexibility index (Phi) is 10.1. The summed E-state index contributed by atoms with van der Waals surface area (Å²) in [6.45, 7) is 12.2. The Bertz CT molecular complexity index is 2270. The first-order valence-corrected chi connectivity index (χ1v) is 17.2. The van der Waals surface area contributed by atoms with Crippen molar-refractivity contribution in [2.24, 2.45) is 5.92 Å². The van der Waals surface area contributed by atoms with Gasteiger partial charge in [-0.1, -0.05) is 66.7 Å². The molecule has 51 heavy (non-hydrogen) atoms. The number of nitrogens with one attached hydrogen (secondary N) is 3. The second-order valence-electron chi connectivity index (χ2n) is 13.3. The number of nitrogens with zero attached hydrogens (tertiary/aromatic N) is 5. The molecular weight excluding hydrogens is 683 g/mol. The number of halogens is 2. The van der Waals surface area contributed by atoms with E-state index in [1.807, 2.05) is 51.2 Å². The fourth-order valence-electron chi connectivity index (χ4n) is 5.68. The van der Waals surface area contributed by atoms with E-state index < -0.39 is 11.4 Å². The van der Waals surface area contributed by atoms with E-state index in [-0.39, 0.29) is 33.3 Å². The van der Waals surface area contributed by atoms with Crippen molar-refractivity contribution in [2.75, 3.05) is 10.6 Å². The van der Waals surface area contributed by atoms with Crippen LogP contribution in [-0.4, -0.2) is 36.0 Å². The summed E-state index contributed by atoms with van der Waals surface area (Å²) in [6, 6.07) is 18.2. The van der Waals surface area contributed by atoms with Crippen molar-refractivity contribution >= 4 is 51.6 Å². The van der Waals surface area contributed by atoms with Gasteiger partial charge in [0.15, 0.2) is 0 Å². The normalized spacial score (nSPS) is 12.7. The first kappa shape index (κ1) is 35.5. The summed E-state index contributed by atoms with van der Waals surface area (Å²) in [4.78, 5) is 22.4. The number of amides is 2. The second-order valence-corrected chi connectivity index (χ2v) is 14.1. The molecule has 0 aliphatic rings. The van der Waals surface area contributed by atoms with Gasteiger partial charge >= 0.3 is 6.03 Å². The van der Waals surface area contributed by atoms with E-state index in [9.17, 15) is 4.79 Å². The third kappa shape index (κ3) is 7.70. The van der Waals surface area contributed by atoms with Gasteiger partial charge < -0.3 is 10.1 Å². The highest BCUT2D eigenvalue weighted by Crippen LogP contribution is 2.39. The monoisotopic (exact) mass is 720 g/mol. The maximum atomic E-state index is 13.3. The van der Waals surface area contributed by atoms with Crippen LogP contribution in [0.5, 0.6) is 11.6 Å². The molecule has 10 nitrogen and oxygen atoms in total. The Morgan fingerprint density at radius 2 is 1.80 bits per heavy atom. The van der Waals surface area contributed by atoms with E-state index in [1.54, 1.807) is 35.1 Å². The lowest BCUT2D eigenvalue weighted by Gasteiger charge is -2.20. The van der Waals surface area contributed by atoms with Gasteiger partial charge in [-0.25, -0.2) is 14.5 Å². The summed E-state index contributed by atoms with van der Waals surface area (Å²) in [5.41, 5.74) is 5.56. The molecule has 6 rings (SSSR count). The Hall–Kier alpha value is -5.37. The van der Waals surface area contributed by atoms with Crippen molar-refractivity contribution in [1.29, 1.82) is 0 Å². The SMILES string of the molecule is C#CC(C)(C)c1cc(NC(=O)Nc2ccc(Oc3ccnc(CC(C)C(C)c4cc(C)c5[nH]ncc5c4)n3)c(Cl)c2Cl)n(-c2ccc(C)cc2)n1. The molecule has 260 valence electrons. The fraction of sp³-hybridized carbons (Fsp3) is 0.256. The molecule has 0 aliphatic heterocycles. The molecule has 0 saturated heterocycles. The molecule has 2 amide bonds. The van der Waals surface area contributed by atoms with E-state index in [4.69, 9.17) is 39.5 Å². The number of urea groups is 1. The predicted octanol–water partition coefficient (Wildman–Crippen LogP) is 9.79. The van der Waals surface area contributed by atoms with Crippen LogP contribution in [0.1, 0.15) is 61.8 Å². The largest absolute Gasteiger partial charge is 0.437 e. The van der Waals surface area contributed by atoms with Gasteiger partial charge in [-0.2, -0.15) is 15.2 Å². The summed E-state index contributed by atoms with van der Waals surface area (Å²) in [5, 5.41) is 18.9. The topological polar surface area (TPSA) is 123 Å². The molecule has 0 fully saturated rings. The number of ether oxygens (including phenoxy) is 1. The van der Waals surface area contributed by atoms with E-state index >= 15 is 0 Å². The minimum absolute atomic E-state index is 0.104. The smallest absolute Gasteiger partial charge is 0.324 e. The van der Waals surface area contributed by atoms with Gasteiger partial charge in [0.25, 0.3) is 0 Å². The van der Waals surface area contributed by atoms with Crippen LogP contribution in [0.15, 0.2) is 73.1 Å². The van der Waals surface area contributed by atoms with E-state index in [2.05, 4.69) is 69.6 Å². The van der Waals surface area contributed by atoms with Gasteiger partial charge in [0.05, 0.1) is 39.2 Å². The second kappa shape index (κ2) is 14.5. The number of anilines is 2. The molecule has 6 aromatic rings. The molecule has 0 radical (unpaired) electrons. The van der Waals surface area contributed by atoms with Crippen LogP contribution in [-0.2, 0) is 11.8 Å². The summed E-state index contributed by atoms with van der Waals surface area (Å²) >= 11 is 13.3. The lowest BCUT2D eigenvalue weighted by atomic mass is 9.85. The molecule has 2 atom stereocenters. The predicted molar refractivity (Wildman–Crippen MR) is 203 cm³/mol. The van der Waals surface area contributed by atoms with Crippen LogP contribution in [0.3, 0.4) is 0 Å². The van der Waals surface area contributed by atoms with Crippen LogP contribution in [0.2, 0.25) is 10.0 Å². The van der Waals surface area contributed by atoms with Crippen molar-refractivity contribution in [3.05, 3.63) is 111 Å². The average Bonchev–Trinajstić information content (AvgIpc) is 3.77. The van der Waals surface area contributed by atoms with E-state index in [0.717, 1.165) is 27.7 Å². The van der Waals surface area contributed by atoms with Gasteiger partial charge in [-0.05, 0) is 81.0 Å². The molecule has 3 heterocycles. The first-order chi connectivity index (χ1) is 24.3. The summed E-state index contributed by atoms with van der Waals surface area (Å²) in [6.07, 6.45) is 9.92. The van der Waals surface area contributed by atoms with Gasteiger partial charge in [0.2, 0.25) is 5.88 Å². The van der Waals surface area contributed by atoms with Crippen LogP contribution in [0, 0.1) is 32.1 Å². The highest BCUT2D eigenvalue weighted by atomic mass is 35.5. The molecule has 3 aromatic carbocycles. The molecule has 3 N–H and O–H groups in total. The molecule has 0 spiro atoms. The fourth-order valence-corrected chi connectivity index (χ4v) is 6.08. The zero-order valence-corrected chi connectivity index (χ0v) is 30.7. The Labute approximate surface area is 307 Å². The minimum atomic E-state index is -0.661. The maximum Gasteiger partial charge on any atom is 0.324 e. The number of hydrogen-bond acceptors (Lipinski definition) is 6. The van der Waals surface area contributed by atoms with Crippen molar-refractivity contribution in [2.45, 2.75) is 59.3 Å². The number of H-pyrrole nitrogens is 1. The zero-order chi connectivity index (χ0) is 36.4. The highest BCUT2D eigenvalue weighted by Gasteiger charge is 2.25. The third-order valence-electron chi connectivity index (χ3n) is 9.07. The van der Waals surface area contributed by atoms with Gasteiger partial charge in [0.1, 0.15) is 22.4 Å². The lowest BCUT2D eigenvalue weighted by Crippen LogP contribution is -2.21. The van der Waals surface area contributed by atoms with Gasteiger partial charge in [-0.3, -0.25) is 10.4 Å². The van der Waals surface area contributed by atoms with Crippen LogP contribution >= 0.6 is 23.2 Å². The number of terminal acetylenes is 1. The number of hydrogen-bond donors (Lipinski definition) is 3. The molecule has 3 aromatic heterocycles. The van der Waals surface area contributed by atoms with Gasteiger partial charge in [-0.15, -0.1) is 6.42 Å². The third-order valence-corrected chi connectivity index (χ3v) is 9.94. The van der Waals surface area contributed by atoms with Crippen molar-refractivity contribution < 1.29 is 9.53 Å². The highest BCUT2D eigenvalue weighted by molar-refractivity contribution is 6.45. The Morgan fingerprint density at radius 3 is 2.55 bits per heavy atom. The molecule has 12 heteroatoms. The molecule has 0 saturated carbocycles. The molecular formula is C39H38Cl2N8O2. The van der Waals surface area contributed by atoms with Crippen molar-refractivity contribution in [3.63, 3.8) is 0 Å². The zero-order valence-electron chi connectivity index (χ0n) is 29.2. The summed E-state index contributed by atoms with van der Waals surface area (Å²) in [5.74, 6) is 4.92. The van der Waals surface area contributed by atoms with Crippen LogP contribution in [0.4, 0.5) is 16.3 Å². The van der Waals surface area contributed by atoms with Crippen molar-refractivity contribution in [1.82, 2.24) is 29.9 Å². The quantitative estimate of drug-likeness (QED) is 0.121. The minimum Gasteiger partial charge on any atom is -0.437 e. The number of fused-ring (bicyclic) bond motifs is 1. The standard InChI is InChI=1S/C39H38Cl2N8O2/c1-8-39(6,7)31-20-33(49(48-31)28-11-9-22(2)10-12-28)46-38(50)44-29-13-14-30(36(41)35(29)40)51-34-15-16-42-32(45-34)18-23(3)25(5)26-17-24(4)37-27(19-26)21-43-47-37/h1,9-17,19-21,23,25H,18H2,2-7H3,(H,43,47)(H2,44,46,50). The number of rotatable bonds is 10. The number of aromatic nitrogens is 6. The number of benzene rings is 3. The first-order valence-electron chi connectivity index (χ1n) is 16.5. The molecule has 0 bridgehead atoms.